The largest absolute Gasteiger partial charge is 0.497 e. The molecule has 3 rings (SSSR count). The minimum atomic E-state index is -0.0719. The molecule has 0 unspecified atom stereocenters. The Bertz CT molecular complexity index is 852. The maximum atomic E-state index is 12.0. The molecule has 0 aliphatic rings. The van der Waals surface area contributed by atoms with Gasteiger partial charge >= 0.3 is 0 Å². The van der Waals surface area contributed by atoms with Gasteiger partial charge in [0.2, 0.25) is 11.8 Å². The number of ether oxygens (including phenoxy) is 1. The summed E-state index contributed by atoms with van der Waals surface area (Å²) in [5.41, 5.74) is 1.97. The third-order valence-electron chi connectivity index (χ3n) is 3.62. The van der Waals surface area contributed by atoms with Gasteiger partial charge in [0.15, 0.2) is 0 Å². The molecule has 0 saturated heterocycles. The molecule has 1 N–H and O–H groups in total. The topological polar surface area (TPSA) is 77.2 Å². The van der Waals surface area contributed by atoms with Crippen LogP contribution in [0.5, 0.6) is 5.75 Å². The average molecular weight is 369 g/mol. The van der Waals surface area contributed by atoms with Gasteiger partial charge in [-0.05, 0) is 36.2 Å². The van der Waals surface area contributed by atoms with Crippen LogP contribution in [0.3, 0.4) is 0 Å². The van der Waals surface area contributed by atoms with Crippen molar-refractivity contribution < 1.29 is 13.9 Å². The van der Waals surface area contributed by atoms with Crippen molar-refractivity contribution >= 4 is 17.7 Å². The number of rotatable bonds is 8. The molecule has 0 spiro atoms. The Morgan fingerprint density at radius 2 is 2.00 bits per heavy atom. The van der Waals surface area contributed by atoms with Crippen molar-refractivity contribution in [2.45, 2.75) is 11.6 Å². The summed E-state index contributed by atoms with van der Waals surface area (Å²) in [5, 5.41) is 11.2. The summed E-state index contributed by atoms with van der Waals surface area (Å²) in [4.78, 5) is 12.0. The molecule has 0 saturated carbocycles. The summed E-state index contributed by atoms with van der Waals surface area (Å²) in [6, 6.07) is 17.3. The first-order valence-corrected chi connectivity index (χ1v) is 9.14. The van der Waals surface area contributed by atoms with Crippen molar-refractivity contribution in [3.8, 4) is 17.2 Å². The average Bonchev–Trinajstić information content (AvgIpc) is 3.16. The van der Waals surface area contributed by atoms with Crippen LogP contribution >= 0.6 is 11.8 Å². The van der Waals surface area contributed by atoms with E-state index in [4.69, 9.17) is 9.15 Å². The molecule has 0 aliphatic heterocycles. The molecule has 3 aromatic rings. The van der Waals surface area contributed by atoms with E-state index in [-0.39, 0.29) is 11.7 Å². The number of hydrogen-bond acceptors (Lipinski definition) is 6. The molecule has 6 nitrogen and oxygen atoms in total. The molecule has 0 radical (unpaired) electrons. The number of methoxy groups -OCH3 is 1. The van der Waals surface area contributed by atoms with Gasteiger partial charge in [-0.25, -0.2) is 0 Å². The standard InChI is InChI=1S/C19H19N3O3S/c1-24-16-9-5-6-14(12-16)10-11-20-17(23)13-26-19-22-21-18(25-19)15-7-3-2-4-8-15/h2-9,12H,10-11,13H2,1H3,(H,20,23). The van der Waals surface area contributed by atoms with E-state index in [1.165, 1.54) is 11.8 Å². The number of aromatic nitrogens is 2. The van der Waals surface area contributed by atoms with Crippen LogP contribution in [0.25, 0.3) is 11.5 Å². The van der Waals surface area contributed by atoms with E-state index in [0.29, 0.717) is 17.7 Å². The van der Waals surface area contributed by atoms with Crippen LogP contribution in [0.15, 0.2) is 64.2 Å². The first-order chi connectivity index (χ1) is 12.7. The maximum Gasteiger partial charge on any atom is 0.277 e. The fourth-order valence-electron chi connectivity index (χ4n) is 2.32. The summed E-state index contributed by atoms with van der Waals surface area (Å²) in [7, 11) is 1.64. The van der Waals surface area contributed by atoms with E-state index in [2.05, 4.69) is 15.5 Å². The third-order valence-corrected chi connectivity index (χ3v) is 4.44. The molecule has 1 aromatic heterocycles. The van der Waals surface area contributed by atoms with Crippen molar-refractivity contribution in [1.82, 2.24) is 15.5 Å². The lowest BCUT2D eigenvalue weighted by atomic mass is 10.1. The number of thioether (sulfide) groups is 1. The van der Waals surface area contributed by atoms with Crippen LogP contribution in [0, 0.1) is 0 Å². The molecular weight excluding hydrogens is 350 g/mol. The molecular formula is C19H19N3O3S. The highest BCUT2D eigenvalue weighted by Crippen LogP contribution is 2.22. The number of amides is 1. The lowest BCUT2D eigenvalue weighted by molar-refractivity contribution is -0.118. The molecule has 2 aromatic carbocycles. The number of nitrogens with one attached hydrogen (secondary N) is 1. The van der Waals surface area contributed by atoms with E-state index in [9.17, 15) is 4.79 Å². The van der Waals surface area contributed by atoms with Crippen molar-refractivity contribution in [2.75, 3.05) is 19.4 Å². The SMILES string of the molecule is COc1cccc(CCNC(=O)CSc2nnc(-c3ccccc3)o2)c1. The van der Waals surface area contributed by atoms with E-state index in [1.54, 1.807) is 7.11 Å². The predicted molar refractivity (Wildman–Crippen MR) is 100 cm³/mol. The summed E-state index contributed by atoms with van der Waals surface area (Å²) in [6.07, 6.45) is 0.742. The predicted octanol–water partition coefficient (Wildman–Crippen LogP) is 3.20. The minimum Gasteiger partial charge on any atom is -0.497 e. The lowest BCUT2D eigenvalue weighted by Crippen LogP contribution is -2.27. The Balaban J connectivity index is 1.42. The molecule has 26 heavy (non-hydrogen) atoms. The van der Waals surface area contributed by atoms with Crippen LogP contribution in [-0.2, 0) is 11.2 Å². The number of benzene rings is 2. The van der Waals surface area contributed by atoms with Gasteiger partial charge in [-0.15, -0.1) is 10.2 Å². The molecule has 0 aliphatic carbocycles. The second kappa shape index (κ2) is 9.05. The van der Waals surface area contributed by atoms with Crippen LogP contribution in [0.2, 0.25) is 0 Å². The van der Waals surface area contributed by atoms with Gasteiger partial charge in [0, 0.05) is 12.1 Å². The normalized spacial score (nSPS) is 10.5. The quantitative estimate of drug-likeness (QED) is 0.615. The minimum absolute atomic E-state index is 0.0719. The van der Waals surface area contributed by atoms with Crippen molar-refractivity contribution in [3.05, 3.63) is 60.2 Å². The fraction of sp³-hybridized carbons (Fsp3) is 0.211. The monoisotopic (exact) mass is 369 g/mol. The Kier molecular flexibility index (Phi) is 6.27. The van der Waals surface area contributed by atoms with Gasteiger partial charge in [-0.2, -0.15) is 0 Å². The summed E-state index contributed by atoms with van der Waals surface area (Å²) in [5.74, 6) is 1.42. The van der Waals surface area contributed by atoms with Gasteiger partial charge in [-0.3, -0.25) is 4.79 Å². The highest BCUT2D eigenvalue weighted by molar-refractivity contribution is 7.99. The van der Waals surface area contributed by atoms with Gasteiger partial charge < -0.3 is 14.5 Å². The highest BCUT2D eigenvalue weighted by Gasteiger charge is 2.10. The summed E-state index contributed by atoms with van der Waals surface area (Å²) >= 11 is 1.22. The van der Waals surface area contributed by atoms with E-state index >= 15 is 0 Å². The smallest absolute Gasteiger partial charge is 0.277 e. The Morgan fingerprint density at radius 1 is 1.15 bits per heavy atom. The van der Waals surface area contributed by atoms with Crippen LogP contribution in [0.1, 0.15) is 5.56 Å². The van der Waals surface area contributed by atoms with Crippen molar-refractivity contribution in [2.24, 2.45) is 0 Å². The fourth-order valence-corrected chi connectivity index (χ4v) is 2.91. The first kappa shape index (κ1) is 18.0. The number of hydrogen-bond donors (Lipinski definition) is 1. The number of carbonyl (C=O) groups excluding carboxylic acids is 1. The van der Waals surface area contributed by atoms with Gasteiger partial charge in [-0.1, -0.05) is 42.1 Å². The van der Waals surface area contributed by atoms with Crippen molar-refractivity contribution in [1.29, 1.82) is 0 Å². The summed E-state index contributed by atoms with van der Waals surface area (Å²) < 4.78 is 10.8. The Labute approximate surface area is 156 Å². The molecule has 134 valence electrons. The zero-order valence-corrected chi connectivity index (χ0v) is 15.2. The molecule has 0 atom stereocenters. The van der Waals surface area contributed by atoms with E-state index in [0.717, 1.165) is 23.3 Å². The van der Waals surface area contributed by atoms with Crippen LogP contribution in [-0.4, -0.2) is 35.5 Å². The second-order valence-electron chi connectivity index (χ2n) is 5.48. The van der Waals surface area contributed by atoms with Crippen LogP contribution < -0.4 is 10.1 Å². The van der Waals surface area contributed by atoms with E-state index < -0.39 is 0 Å². The molecule has 7 heteroatoms. The zero-order valence-electron chi connectivity index (χ0n) is 14.3. The highest BCUT2D eigenvalue weighted by atomic mass is 32.2. The summed E-state index contributed by atoms with van der Waals surface area (Å²) in [6.45, 7) is 0.561. The van der Waals surface area contributed by atoms with Crippen LogP contribution in [0.4, 0.5) is 0 Å². The zero-order chi connectivity index (χ0) is 18.2. The molecule has 1 amide bonds. The third kappa shape index (κ3) is 5.10. The van der Waals surface area contributed by atoms with Gasteiger partial charge in [0.1, 0.15) is 5.75 Å². The second-order valence-corrected chi connectivity index (χ2v) is 6.41. The van der Waals surface area contributed by atoms with Gasteiger partial charge in [0.05, 0.1) is 12.9 Å². The number of nitrogens with zero attached hydrogens (tertiary/aromatic N) is 2. The van der Waals surface area contributed by atoms with Crippen molar-refractivity contribution in [3.63, 3.8) is 0 Å². The molecule has 0 fully saturated rings. The Morgan fingerprint density at radius 3 is 2.81 bits per heavy atom. The van der Waals surface area contributed by atoms with E-state index in [1.807, 2.05) is 54.6 Å². The number of carbonyl (C=O) groups is 1. The molecule has 0 bridgehead atoms. The molecule has 1 heterocycles. The first-order valence-electron chi connectivity index (χ1n) is 8.16. The lowest BCUT2D eigenvalue weighted by Gasteiger charge is -2.06. The Hall–Kier alpha value is -2.80. The maximum absolute atomic E-state index is 12.0. The van der Waals surface area contributed by atoms with Gasteiger partial charge in [0.25, 0.3) is 5.22 Å².